The van der Waals surface area contributed by atoms with Gasteiger partial charge in [0.2, 0.25) is 5.13 Å². The highest BCUT2D eigenvalue weighted by molar-refractivity contribution is 7.14. The molecule has 0 fully saturated rings. The number of benzene rings is 2. The van der Waals surface area contributed by atoms with Crippen LogP contribution in [0.1, 0.15) is 19.4 Å². The van der Waals surface area contributed by atoms with E-state index < -0.39 is 0 Å². The van der Waals surface area contributed by atoms with E-state index in [2.05, 4.69) is 15.5 Å². The fraction of sp³-hybridized carbons (Fsp3) is 0.273. The molecule has 1 aromatic heterocycles. The first-order valence-corrected chi connectivity index (χ1v) is 10.2. The minimum Gasteiger partial charge on any atom is -0.497 e. The van der Waals surface area contributed by atoms with Crippen molar-refractivity contribution in [2.24, 2.45) is 5.10 Å². The van der Waals surface area contributed by atoms with E-state index in [0.29, 0.717) is 22.4 Å². The number of methoxy groups -OCH3 is 3. The molecule has 30 heavy (non-hydrogen) atoms. The van der Waals surface area contributed by atoms with E-state index in [9.17, 15) is 0 Å². The molecule has 0 bridgehead atoms. The molecule has 1 N–H and O–H groups in total. The summed E-state index contributed by atoms with van der Waals surface area (Å²) in [6.45, 7) is 3.95. The van der Waals surface area contributed by atoms with E-state index in [1.807, 2.05) is 55.6 Å². The second kappa shape index (κ2) is 9.98. The van der Waals surface area contributed by atoms with E-state index in [0.717, 1.165) is 22.6 Å². The number of hydrazone groups is 1. The summed E-state index contributed by atoms with van der Waals surface area (Å²) in [5, 5.41) is 6.90. The first-order chi connectivity index (χ1) is 14.5. The van der Waals surface area contributed by atoms with Crippen LogP contribution in [-0.2, 0) is 0 Å². The average molecular weight is 428 g/mol. The number of thiazole rings is 1. The molecular weight excluding hydrogens is 402 g/mol. The zero-order valence-electron chi connectivity index (χ0n) is 17.6. The second-order valence-electron chi connectivity index (χ2n) is 6.55. The maximum Gasteiger partial charge on any atom is 0.203 e. The highest BCUT2D eigenvalue weighted by Crippen LogP contribution is 2.35. The number of nitrogens with zero attached hydrogens (tertiary/aromatic N) is 2. The molecular formula is C22H25N3O4S. The SMILES string of the molecule is COc1ccc(-c2csc(N/N=C\c3ccc(OC(C)C)c(OC)c3)n2)c(OC)c1. The standard InChI is InChI=1S/C22H25N3O4S/c1-14(2)29-19-9-6-15(10-21(19)28-5)12-23-25-22-24-18(13-30-22)17-8-7-16(26-3)11-20(17)27-4/h6-14H,1-5H3,(H,24,25)/b23-12-. The molecule has 0 radical (unpaired) electrons. The van der Waals surface area contributed by atoms with Gasteiger partial charge in [0.15, 0.2) is 11.5 Å². The van der Waals surface area contributed by atoms with Gasteiger partial charge in [-0.25, -0.2) is 4.98 Å². The van der Waals surface area contributed by atoms with Crippen LogP contribution in [0.25, 0.3) is 11.3 Å². The molecule has 0 aliphatic carbocycles. The molecule has 0 saturated carbocycles. The van der Waals surface area contributed by atoms with Gasteiger partial charge in [0, 0.05) is 17.0 Å². The van der Waals surface area contributed by atoms with Crippen LogP contribution in [0.15, 0.2) is 46.9 Å². The fourth-order valence-electron chi connectivity index (χ4n) is 2.74. The highest BCUT2D eigenvalue weighted by Gasteiger charge is 2.11. The van der Waals surface area contributed by atoms with E-state index in [1.165, 1.54) is 11.3 Å². The van der Waals surface area contributed by atoms with E-state index in [-0.39, 0.29) is 6.10 Å². The zero-order chi connectivity index (χ0) is 21.5. The van der Waals surface area contributed by atoms with Crippen molar-refractivity contribution >= 4 is 22.7 Å². The van der Waals surface area contributed by atoms with Crippen LogP contribution in [0.4, 0.5) is 5.13 Å². The normalized spacial score (nSPS) is 11.0. The third-order valence-electron chi connectivity index (χ3n) is 4.11. The lowest BCUT2D eigenvalue weighted by Gasteiger charge is -2.13. The Hall–Kier alpha value is -3.26. The third-order valence-corrected chi connectivity index (χ3v) is 4.86. The van der Waals surface area contributed by atoms with Crippen molar-refractivity contribution < 1.29 is 18.9 Å². The molecule has 0 spiro atoms. The Bertz CT molecular complexity index is 1020. The first kappa shape index (κ1) is 21.4. The van der Waals surface area contributed by atoms with Crippen molar-refractivity contribution in [1.82, 2.24) is 4.98 Å². The van der Waals surface area contributed by atoms with Crippen molar-refractivity contribution in [3.8, 4) is 34.3 Å². The van der Waals surface area contributed by atoms with Gasteiger partial charge in [-0.15, -0.1) is 11.3 Å². The van der Waals surface area contributed by atoms with Gasteiger partial charge in [-0.3, -0.25) is 5.43 Å². The lowest BCUT2D eigenvalue weighted by Crippen LogP contribution is -2.06. The number of rotatable bonds is 9. The molecule has 0 unspecified atom stereocenters. The summed E-state index contributed by atoms with van der Waals surface area (Å²) >= 11 is 1.46. The monoisotopic (exact) mass is 427 g/mol. The van der Waals surface area contributed by atoms with Crippen LogP contribution in [0.3, 0.4) is 0 Å². The van der Waals surface area contributed by atoms with Crippen LogP contribution in [0.2, 0.25) is 0 Å². The molecule has 0 aliphatic heterocycles. The van der Waals surface area contributed by atoms with Crippen LogP contribution < -0.4 is 24.4 Å². The number of ether oxygens (including phenoxy) is 4. The summed E-state index contributed by atoms with van der Waals surface area (Å²) in [7, 11) is 4.86. The molecule has 158 valence electrons. The lowest BCUT2D eigenvalue weighted by molar-refractivity contribution is 0.230. The molecule has 1 heterocycles. The second-order valence-corrected chi connectivity index (χ2v) is 7.41. The number of nitrogens with one attached hydrogen (secondary N) is 1. The Kier molecular flexibility index (Phi) is 7.13. The van der Waals surface area contributed by atoms with Gasteiger partial charge in [0.05, 0.1) is 39.3 Å². The topological polar surface area (TPSA) is 74.2 Å². The summed E-state index contributed by atoms with van der Waals surface area (Å²) in [5.41, 5.74) is 5.53. The van der Waals surface area contributed by atoms with Crippen molar-refractivity contribution in [2.45, 2.75) is 20.0 Å². The molecule has 7 nitrogen and oxygen atoms in total. The number of anilines is 1. The summed E-state index contributed by atoms with van der Waals surface area (Å²) in [4.78, 5) is 4.58. The Morgan fingerprint density at radius 1 is 0.967 bits per heavy atom. The van der Waals surface area contributed by atoms with Crippen LogP contribution in [-0.4, -0.2) is 38.6 Å². The zero-order valence-corrected chi connectivity index (χ0v) is 18.4. The van der Waals surface area contributed by atoms with Gasteiger partial charge in [0.25, 0.3) is 0 Å². The van der Waals surface area contributed by atoms with Crippen molar-refractivity contribution in [3.63, 3.8) is 0 Å². The predicted octanol–water partition coefficient (Wildman–Crippen LogP) is 5.07. The number of aromatic nitrogens is 1. The quantitative estimate of drug-likeness (QED) is 0.380. The van der Waals surface area contributed by atoms with Gasteiger partial charge >= 0.3 is 0 Å². The lowest BCUT2D eigenvalue weighted by atomic mass is 10.1. The average Bonchev–Trinajstić information content (AvgIpc) is 3.22. The van der Waals surface area contributed by atoms with E-state index >= 15 is 0 Å². The highest BCUT2D eigenvalue weighted by atomic mass is 32.1. The van der Waals surface area contributed by atoms with Crippen molar-refractivity contribution in [2.75, 3.05) is 26.8 Å². The smallest absolute Gasteiger partial charge is 0.203 e. The van der Waals surface area contributed by atoms with Crippen molar-refractivity contribution in [3.05, 3.63) is 47.3 Å². The molecule has 3 rings (SSSR count). The van der Waals surface area contributed by atoms with Gasteiger partial charge < -0.3 is 18.9 Å². The Balaban J connectivity index is 1.71. The van der Waals surface area contributed by atoms with E-state index in [4.69, 9.17) is 18.9 Å². The Morgan fingerprint density at radius 3 is 2.47 bits per heavy atom. The number of hydrogen-bond donors (Lipinski definition) is 1. The minimum absolute atomic E-state index is 0.0727. The minimum atomic E-state index is 0.0727. The fourth-order valence-corrected chi connectivity index (χ4v) is 3.40. The summed E-state index contributed by atoms with van der Waals surface area (Å²) < 4.78 is 21.8. The molecule has 3 aromatic rings. The summed E-state index contributed by atoms with van der Waals surface area (Å²) in [6.07, 6.45) is 1.78. The van der Waals surface area contributed by atoms with Gasteiger partial charge in [-0.1, -0.05) is 0 Å². The predicted molar refractivity (Wildman–Crippen MR) is 121 cm³/mol. The maximum atomic E-state index is 5.73. The van der Waals surface area contributed by atoms with Crippen LogP contribution >= 0.6 is 11.3 Å². The largest absolute Gasteiger partial charge is 0.497 e. The van der Waals surface area contributed by atoms with Gasteiger partial charge in [-0.05, 0) is 49.7 Å². The van der Waals surface area contributed by atoms with Crippen molar-refractivity contribution in [1.29, 1.82) is 0 Å². The Morgan fingerprint density at radius 2 is 1.77 bits per heavy atom. The third kappa shape index (κ3) is 5.21. The maximum absolute atomic E-state index is 5.73. The van der Waals surface area contributed by atoms with Gasteiger partial charge in [-0.2, -0.15) is 5.10 Å². The van der Waals surface area contributed by atoms with E-state index in [1.54, 1.807) is 27.5 Å². The number of hydrogen-bond acceptors (Lipinski definition) is 8. The molecule has 8 heteroatoms. The first-order valence-electron chi connectivity index (χ1n) is 9.35. The van der Waals surface area contributed by atoms with Gasteiger partial charge in [0.1, 0.15) is 11.5 Å². The molecule has 0 aliphatic rings. The summed E-state index contributed by atoms with van der Waals surface area (Å²) in [5.74, 6) is 2.80. The van der Waals surface area contributed by atoms with Crippen LogP contribution in [0, 0.1) is 0 Å². The summed E-state index contributed by atoms with van der Waals surface area (Å²) in [6, 6.07) is 11.3. The Labute approximate surface area is 180 Å². The molecule has 2 aromatic carbocycles. The molecule has 0 saturated heterocycles. The molecule has 0 atom stereocenters. The van der Waals surface area contributed by atoms with Crippen LogP contribution in [0.5, 0.6) is 23.0 Å². The molecule has 0 amide bonds.